The minimum atomic E-state index is -0.620. The second kappa shape index (κ2) is 13.7. The van der Waals surface area contributed by atoms with Gasteiger partial charge in [-0.2, -0.15) is 0 Å². The Labute approximate surface area is 192 Å². The minimum Gasteiger partial charge on any atom is -0.463 e. The third-order valence-electron chi connectivity index (χ3n) is 6.42. The highest BCUT2D eigenvalue weighted by Crippen LogP contribution is 2.39. The van der Waals surface area contributed by atoms with Gasteiger partial charge in [-0.1, -0.05) is 30.3 Å². The Bertz CT molecular complexity index is 689. The molecule has 0 aromatic heterocycles. The summed E-state index contributed by atoms with van der Waals surface area (Å²) in [4.78, 5) is 23.8. The molecule has 0 spiro atoms. The summed E-state index contributed by atoms with van der Waals surface area (Å²) < 4.78 is 5.07. The maximum Gasteiger partial charge on any atom is 0.306 e. The number of aryl methyl sites for hydroxylation is 1. The van der Waals surface area contributed by atoms with Crippen molar-refractivity contribution >= 4 is 11.8 Å². The molecule has 180 valence electrons. The number of rotatable bonds is 14. The Morgan fingerprint density at radius 2 is 1.62 bits per heavy atom. The lowest BCUT2D eigenvalue weighted by Gasteiger charge is -2.24. The molecule has 0 radical (unpaired) electrons. The van der Waals surface area contributed by atoms with E-state index in [2.05, 4.69) is 0 Å². The van der Waals surface area contributed by atoms with Crippen molar-refractivity contribution in [3.05, 3.63) is 35.9 Å². The zero-order chi connectivity index (χ0) is 23.5. The van der Waals surface area contributed by atoms with Crippen LogP contribution in [0.3, 0.4) is 0 Å². The molecule has 0 bridgehead atoms. The van der Waals surface area contributed by atoms with Crippen molar-refractivity contribution in [2.45, 2.75) is 102 Å². The lowest BCUT2D eigenvalue weighted by atomic mass is 9.84. The van der Waals surface area contributed by atoms with Crippen molar-refractivity contribution in [1.29, 1.82) is 0 Å². The molecule has 1 aliphatic carbocycles. The van der Waals surface area contributed by atoms with Crippen LogP contribution in [0.1, 0.15) is 77.2 Å². The molecule has 1 saturated carbocycles. The van der Waals surface area contributed by atoms with Crippen LogP contribution in [0, 0.1) is 11.8 Å². The fourth-order valence-electron chi connectivity index (χ4n) is 4.69. The number of aliphatic hydroxyl groups is 3. The predicted octanol–water partition coefficient (Wildman–Crippen LogP) is 3.59. The van der Waals surface area contributed by atoms with Crippen LogP contribution in [0.5, 0.6) is 0 Å². The largest absolute Gasteiger partial charge is 0.463 e. The molecule has 0 heterocycles. The third kappa shape index (κ3) is 9.39. The van der Waals surface area contributed by atoms with Crippen LogP contribution in [0.4, 0.5) is 0 Å². The zero-order valence-electron chi connectivity index (χ0n) is 19.5. The first-order valence-corrected chi connectivity index (χ1v) is 12.1. The summed E-state index contributed by atoms with van der Waals surface area (Å²) in [5, 5.41) is 31.2. The van der Waals surface area contributed by atoms with Crippen molar-refractivity contribution in [1.82, 2.24) is 0 Å². The van der Waals surface area contributed by atoms with E-state index in [9.17, 15) is 24.9 Å². The van der Waals surface area contributed by atoms with Gasteiger partial charge in [0.25, 0.3) is 0 Å². The van der Waals surface area contributed by atoms with Gasteiger partial charge in [0.15, 0.2) is 0 Å². The first-order chi connectivity index (χ1) is 15.3. The van der Waals surface area contributed by atoms with E-state index < -0.39 is 18.3 Å². The van der Waals surface area contributed by atoms with E-state index >= 15 is 0 Å². The van der Waals surface area contributed by atoms with E-state index in [0.29, 0.717) is 51.4 Å². The summed E-state index contributed by atoms with van der Waals surface area (Å²) >= 11 is 0. The van der Waals surface area contributed by atoms with E-state index in [4.69, 9.17) is 4.74 Å². The Hall–Kier alpha value is -1.76. The Kier molecular flexibility index (Phi) is 11.4. The summed E-state index contributed by atoms with van der Waals surface area (Å²) in [6.45, 7) is 3.59. The quantitative estimate of drug-likeness (QED) is 0.376. The normalized spacial score (nSPS) is 23.9. The number of hydrogen-bond donors (Lipinski definition) is 3. The lowest BCUT2D eigenvalue weighted by molar-refractivity contribution is -0.147. The van der Waals surface area contributed by atoms with Crippen molar-refractivity contribution < 1.29 is 29.6 Å². The van der Waals surface area contributed by atoms with Gasteiger partial charge in [0.1, 0.15) is 5.78 Å². The number of benzene rings is 1. The molecule has 2 rings (SSSR count). The van der Waals surface area contributed by atoms with Gasteiger partial charge in [0.05, 0.1) is 24.4 Å². The van der Waals surface area contributed by atoms with Gasteiger partial charge in [0, 0.05) is 19.3 Å². The van der Waals surface area contributed by atoms with Crippen LogP contribution < -0.4 is 0 Å². The second-order valence-electron chi connectivity index (χ2n) is 9.42. The van der Waals surface area contributed by atoms with Gasteiger partial charge in [0.2, 0.25) is 0 Å². The molecule has 6 nitrogen and oxygen atoms in total. The van der Waals surface area contributed by atoms with Gasteiger partial charge >= 0.3 is 5.97 Å². The number of ether oxygens (including phenoxy) is 1. The summed E-state index contributed by atoms with van der Waals surface area (Å²) in [5.74, 6) is -0.461. The van der Waals surface area contributed by atoms with E-state index in [1.54, 1.807) is 13.8 Å². The van der Waals surface area contributed by atoms with Crippen molar-refractivity contribution in [3.8, 4) is 0 Å². The number of esters is 1. The monoisotopic (exact) mass is 448 g/mol. The molecule has 32 heavy (non-hydrogen) atoms. The van der Waals surface area contributed by atoms with Gasteiger partial charge in [-0.3, -0.25) is 9.59 Å². The first-order valence-electron chi connectivity index (χ1n) is 12.1. The maximum atomic E-state index is 12.2. The number of hydrogen-bond acceptors (Lipinski definition) is 6. The van der Waals surface area contributed by atoms with E-state index in [0.717, 1.165) is 6.42 Å². The number of aliphatic hydroxyl groups excluding tert-OH is 3. The molecule has 1 fully saturated rings. The van der Waals surface area contributed by atoms with Gasteiger partial charge in [-0.15, -0.1) is 0 Å². The molecule has 1 aliphatic rings. The molecule has 0 amide bonds. The van der Waals surface area contributed by atoms with Crippen LogP contribution in [0.15, 0.2) is 30.3 Å². The average Bonchev–Trinajstić information content (AvgIpc) is 3.01. The van der Waals surface area contributed by atoms with Crippen molar-refractivity contribution in [3.63, 3.8) is 0 Å². The van der Waals surface area contributed by atoms with Gasteiger partial charge in [-0.25, -0.2) is 0 Å². The Morgan fingerprint density at radius 3 is 2.28 bits per heavy atom. The summed E-state index contributed by atoms with van der Waals surface area (Å²) in [7, 11) is 0. The number of ketones is 1. The Balaban J connectivity index is 1.71. The van der Waals surface area contributed by atoms with Crippen molar-refractivity contribution in [2.75, 3.05) is 0 Å². The highest BCUT2D eigenvalue weighted by atomic mass is 16.5. The van der Waals surface area contributed by atoms with Crippen LogP contribution in [0.25, 0.3) is 0 Å². The van der Waals surface area contributed by atoms with Crippen LogP contribution in [0.2, 0.25) is 0 Å². The maximum absolute atomic E-state index is 12.2. The lowest BCUT2D eigenvalue weighted by Crippen LogP contribution is -2.24. The highest BCUT2D eigenvalue weighted by Gasteiger charge is 2.41. The molecule has 5 atom stereocenters. The summed E-state index contributed by atoms with van der Waals surface area (Å²) in [5.41, 5.74) is 1.19. The molecule has 0 saturated heterocycles. The number of Topliss-reactive ketones (excluding diaryl/α,β-unsaturated/α-hetero) is 1. The fraction of sp³-hybridized carbons (Fsp3) is 0.692. The molecular weight excluding hydrogens is 408 g/mol. The molecule has 3 N–H and O–H groups in total. The summed E-state index contributed by atoms with van der Waals surface area (Å²) in [6, 6.07) is 10.0. The smallest absolute Gasteiger partial charge is 0.306 e. The molecule has 1 aromatic carbocycles. The fourth-order valence-corrected chi connectivity index (χ4v) is 4.69. The van der Waals surface area contributed by atoms with Gasteiger partial charge < -0.3 is 20.1 Å². The van der Waals surface area contributed by atoms with Crippen LogP contribution >= 0.6 is 0 Å². The minimum absolute atomic E-state index is 0.0672. The second-order valence-corrected chi connectivity index (χ2v) is 9.42. The summed E-state index contributed by atoms with van der Waals surface area (Å²) in [6.07, 6.45) is 3.06. The third-order valence-corrected chi connectivity index (χ3v) is 6.42. The topological polar surface area (TPSA) is 104 Å². The van der Waals surface area contributed by atoms with E-state index in [-0.39, 0.29) is 36.1 Å². The molecule has 0 aliphatic heterocycles. The van der Waals surface area contributed by atoms with Gasteiger partial charge in [-0.05, 0) is 76.2 Å². The van der Waals surface area contributed by atoms with Crippen molar-refractivity contribution in [2.24, 2.45) is 11.8 Å². The standard InChI is InChI=1S/C26H40O6/c1-18(2)32-26(31)10-6-9-20(27)13-15-22-23(25(30)17-24(22)29)16-14-21(28)12-11-19-7-4-3-5-8-19/h3-5,7-8,18,21-25,28-30H,6,9-17H2,1-2H3/t21-,22+,23+,24-,25+/m0/s1. The molecular formula is C26H40O6. The molecule has 0 unspecified atom stereocenters. The van der Waals surface area contributed by atoms with Crippen LogP contribution in [-0.2, 0) is 20.7 Å². The molecule has 1 aromatic rings. The SMILES string of the molecule is CC(C)OC(=O)CCCC(=O)CC[C@@H]1[C@@H](CC[C@@H](O)CCc2ccccc2)[C@H](O)C[C@@H]1O. The van der Waals surface area contributed by atoms with E-state index in [1.165, 1.54) is 5.56 Å². The van der Waals surface area contributed by atoms with Crippen LogP contribution in [-0.4, -0.2) is 51.5 Å². The Morgan fingerprint density at radius 1 is 0.969 bits per heavy atom. The first kappa shape index (κ1) is 26.5. The predicted molar refractivity (Wildman–Crippen MR) is 123 cm³/mol. The van der Waals surface area contributed by atoms with E-state index in [1.807, 2.05) is 30.3 Å². The zero-order valence-corrected chi connectivity index (χ0v) is 19.5. The number of carbonyl (C=O) groups excluding carboxylic acids is 2. The molecule has 6 heteroatoms. The highest BCUT2D eigenvalue weighted by molar-refractivity contribution is 5.79. The number of carbonyl (C=O) groups is 2. The average molecular weight is 449 g/mol.